The van der Waals surface area contributed by atoms with Crippen LogP contribution in [0.1, 0.15) is 47.2 Å². The van der Waals surface area contributed by atoms with E-state index in [9.17, 15) is 4.79 Å². The van der Waals surface area contributed by atoms with Gasteiger partial charge in [0.15, 0.2) is 5.76 Å². The Morgan fingerprint density at radius 1 is 1.23 bits per heavy atom. The van der Waals surface area contributed by atoms with Gasteiger partial charge in [0, 0.05) is 11.4 Å². The van der Waals surface area contributed by atoms with Crippen molar-refractivity contribution in [2.45, 2.75) is 31.7 Å². The molecule has 3 rings (SSSR count). The van der Waals surface area contributed by atoms with Gasteiger partial charge in [0.1, 0.15) is 0 Å². The van der Waals surface area contributed by atoms with Crippen LogP contribution in [0.25, 0.3) is 0 Å². The molecule has 0 aliphatic carbocycles. The molecule has 2 aromatic heterocycles. The predicted octanol–water partition coefficient (Wildman–Crippen LogP) is 3.69. The van der Waals surface area contributed by atoms with Gasteiger partial charge in [-0.2, -0.15) is 0 Å². The number of nitrogens with zero attached hydrogens (tertiary/aromatic N) is 1. The first kappa shape index (κ1) is 15.3. The average Bonchev–Trinajstić information content (AvgIpc) is 3.18. The van der Waals surface area contributed by atoms with Crippen molar-refractivity contribution in [1.29, 1.82) is 0 Å². The molecule has 0 unspecified atom stereocenters. The number of rotatable bonds is 5. The minimum atomic E-state index is -0.138. The van der Waals surface area contributed by atoms with Crippen molar-refractivity contribution < 1.29 is 9.21 Å². The van der Waals surface area contributed by atoms with E-state index in [1.54, 1.807) is 23.5 Å². The molecule has 0 radical (unpaired) electrons. The second-order valence-electron chi connectivity index (χ2n) is 5.67. The second-order valence-corrected chi connectivity index (χ2v) is 6.65. The quantitative estimate of drug-likeness (QED) is 0.914. The first-order chi connectivity index (χ1) is 10.8. The van der Waals surface area contributed by atoms with E-state index < -0.39 is 0 Å². The van der Waals surface area contributed by atoms with Crippen LogP contribution in [0, 0.1) is 0 Å². The molecule has 1 saturated heterocycles. The van der Waals surface area contributed by atoms with Crippen molar-refractivity contribution in [3.8, 4) is 0 Å². The lowest BCUT2D eigenvalue weighted by Gasteiger charge is -2.30. The highest BCUT2D eigenvalue weighted by molar-refractivity contribution is 7.10. The van der Waals surface area contributed by atoms with E-state index in [4.69, 9.17) is 4.42 Å². The third kappa shape index (κ3) is 3.78. The first-order valence-electron chi connectivity index (χ1n) is 7.94. The fourth-order valence-electron chi connectivity index (χ4n) is 2.98. The Bertz CT molecular complexity index is 558. The fourth-order valence-corrected chi connectivity index (χ4v) is 3.84. The number of carbonyl (C=O) groups is 1. The molecule has 1 aliphatic rings. The standard InChI is InChI=1S/C17H22N2O2S/c20-17(15-7-5-11-21-15)18-13-14(16-8-6-12-22-16)19-9-3-1-2-4-10-19/h5-8,11-12,14H,1-4,9-10,13H2,(H,18,20)/t14-/m1/s1. The molecule has 0 saturated carbocycles. The Balaban J connectivity index is 1.67. The Kier molecular flexibility index (Phi) is 5.29. The summed E-state index contributed by atoms with van der Waals surface area (Å²) in [6.07, 6.45) is 6.64. The zero-order chi connectivity index (χ0) is 15.2. The average molecular weight is 318 g/mol. The molecule has 118 valence electrons. The minimum Gasteiger partial charge on any atom is -0.459 e. The van der Waals surface area contributed by atoms with Crippen LogP contribution in [0.2, 0.25) is 0 Å². The van der Waals surface area contributed by atoms with Crippen molar-refractivity contribution in [2.75, 3.05) is 19.6 Å². The number of furan rings is 1. The molecule has 1 aliphatic heterocycles. The van der Waals surface area contributed by atoms with Crippen LogP contribution in [0.4, 0.5) is 0 Å². The molecule has 3 heterocycles. The third-order valence-corrected chi connectivity index (χ3v) is 5.13. The summed E-state index contributed by atoms with van der Waals surface area (Å²) in [5.74, 6) is 0.238. The van der Waals surface area contributed by atoms with Gasteiger partial charge in [0.2, 0.25) is 0 Å². The fraction of sp³-hybridized carbons (Fsp3) is 0.471. The summed E-state index contributed by atoms with van der Waals surface area (Å²) in [6, 6.07) is 7.94. The maximum Gasteiger partial charge on any atom is 0.287 e. The van der Waals surface area contributed by atoms with Crippen molar-refractivity contribution >= 4 is 17.2 Å². The van der Waals surface area contributed by atoms with E-state index in [1.165, 1.54) is 36.8 Å². The third-order valence-electron chi connectivity index (χ3n) is 4.15. The van der Waals surface area contributed by atoms with Gasteiger partial charge in [-0.15, -0.1) is 11.3 Å². The molecular formula is C17H22N2O2S. The summed E-state index contributed by atoms with van der Waals surface area (Å²) in [5.41, 5.74) is 0. The van der Waals surface area contributed by atoms with Gasteiger partial charge in [-0.3, -0.25) is 9.69 Å². The van der Waals surface area contributed by atoms with Crippen molar-refractivity contribution in [1.82, 2.24) is 10.2 Å². The highest BCUT2D eigenvalue weighted by Crippen LogP contribution is 2.27. The number of likely N-dealkylation sites (tertiary alicyclic amines) is 1. The smallest absolute Gasteiger partial charge is 0.287 e. The number of hydrogen-bond donors (Lipinski definition) is 1. The van der Waals surface area contributed by atoms with Crippen LogP contribution in [0.3, 0.4) is 0 Å². The summed E-state index contributed by atoms with van der Waals surface area (Å²) in [4.78, 5) is 15.9. The van der Waals surface area contributed by atoms with Gasteiger partial charge in [0.05, 0.1) is 12.3 Å². The van der Waals surface area contributed by atoms with E-state index in [2.05, 4.69) is 27.7 Å². The number of carbonyl (C=O) groups excluding carboxylic acids is 1. The molecule has 1 amide bonds. The SMILES string of the molecule is O=C(NC[C@H](c1cccs1)N1CCCCCC1)c1ccco1. The van der Waals surface area contributed by atoms with E-state index >= 15 is 0 Å². The van der Waals surface area contributed by atoms with Crippen LogP contribution in [0.15, 0.2) is 40.3 Å². The van der Waals surface area contributed by atoms with Crippen LogP contribution < -0.4 is 5.32 Å². The van der Waals surface area contributed by atoms with Crippen molar-refractivity contribution in [3.63, 3.8) is 0 Å². The molecule has 4 nitrogen and oxygen atoms in total. The molecule has 1 fully saturated rings. The summed E-state index contributed by atoms with van der Waals surface area (Å²) in [6.45, 7) is 2.85. The highest BCUT2D eigenvalue weighted by atomic mass is 32.1. The molecule has 5 heteroatoms. The van der Waals surface area contributed by atoms with Crippen molar-refractivity contribution in [2.24, 2.45) is 0 Å². The predicted molar refractivity (Wildman–Crippen MR) is 88.1 cm³/mol. The van der Waals surface area contributed by atoms with Crippen LogP contribution in [-0.2, 0) is 0 Å². The Morgan fingerprint density at radius 2 is 2.05 bits per heavy atom. The van der Waals surface area contributed by atoms with E-state index in [0.29, 0.717) is 12.3 Å². The van der Waals surface area contributed by atoms with Crippen LogP contribution in [-0.4, -0.2) is 30.4 Å². The monoisotopic (exact) mass is 318 g/mol. The largest absolute Gasteiger partial charge is 0.459 e. The van der Waals surface area contributed by atoms with E-state index in [-0.39, 0.29) is 11.9 Å². The molecule has 0 bridgehead atoms. The van der Waals surface area contributed by atoms with Crippen LogP contribution >= 0.6 is 11.3 Å². The van der Waals surface area contributed by atoms with Gasteiger partial charge in [-0.25, -0.2) is 0 Å². The summed E-state index contributed by atoms with van der Waals surface area (Å²) < 4.78 is 5.16. The van der Waals surface area contributed by atoms with Gasteiger partial charge in [-0.1, -0.05) is 18.9 Å². The lowest BCUT2D eigenvalue weighted by atomic mass is 10.2. The van der Waals surface area contributed by atoms with Gasteiger partial charge in [-0.05, 0) is 49.5 Å². The van der Waals surface area contributed by atoms with Crippen LogP contribution in [0.5, 0.6) is 0 Å². The zero-order valence-corrected chi connectivity index (χ0v) is 13.5. The molecule has 2 aromatic rings. The minimum absolute atomic E-state index is 0.138. The maximum absolute atomic E-state index is 12.1. The van der Waals surface area contributed by atoms with Gasteiger partial charge in [0.25, 0.3) is 5.91 Å². The topological polar surface area (TPSA) is 45.5 Å². The number of thiophene rings is 1. The van der Waals surface area contributed by atoms with Gasteiger partial charge >= 0.3 is 0 Å². The summed E-state index contributed by atoms with van der Waals surface area (Å²) >= 11 is 1.76. The van der Waals surface area contributed by atoms with Crippen molar-refractivity contribution in [3.05, 3.63) is 46.5 Å². The Morgan fingerprint density at radius 3 is 2.68 bits per heavy atom. The summed E-state index contributed by atoms with van der Waals surface area (Å²) in [7, 11) is 0. The first-order valence-corrected chi connectivity index (χ1v) is 8.82. The zero-order valence-electron chi connectivity index (χ0n) is 12.7. The molecular weight excluding hydrogens is 296 g/mol. The maximum atomic E-state index is 12.1. The molecule has 0 aromatic carbocycles. The molecule has 1 atom stereocenters. The number of amides is 1. The molecule has 22 heavy (non-hydrogen) atoms. The number of hydrogen-bond acceptors (Lipinski definition) is 4. The molecule has 1 N–H and O–H groups in total. The summed E-state index contributed by atoms with van der Waals surface area (Å²) in [5, 5.41) is 5.13. The Hall–Kier alpha value is -1.59. The highest BCUT2D eigenvalue weighted by Gasteiger charge is 2.23. The van der Waals surface area contributed by atoms with E-state index in [0.717, 1.165) is 13.1 Å². The lowest BCUT2D eigenvalue weighted by molar-refractivity contribution is 0.0906. The number of nitrogens with one attached hydrogen (secondary N) is 1. The van der Waals surface area contributed by atoms with Gasteiger partial charge < -0.3 is 9.73 Å². The second kappa shape index (κ2) is 7.61. The lowest BCUT2D eigenvalue weighted by Crippen LogP contribution is -2.38. The normalized spacial score (nSPS) is 17.8. The molecule has 0 spiro atoms. The van der Waals surface area contributed by atoms with E-state index in [1.807, 2.05) is 0 Å². The Labute approximate surface area is 135 Å².